The van der Waals surface area contributed by atoms with Crippen LogP contribution in [0.4, 0.5) is 8.78 Å². The zero-order valence-electron chi connectivity index (χ0n) is 17.0. The predicted molar refractivity (Wildman–Crippen MR) is 116 cm³/mol. The number of rotatable bonds is 4. The van der Waals surface area contributed by atoms with E-state index in [1.165, 1.54) is 4.90 Å². The lowest BCUT2D eigenvalue weighted by atomic mass is 10.0. The molecule has 1 aliphatic heterocycles. The van der Waals surface area contributed by atoms with E-state index in [-0.39, 0.29) is 24.9 Å². The first kappa shape index (κ1) is 20.1. The average Bonchev–Trinajstić information content (AvgIpc) is 3.35. The minimum Gasteiger partial charge on any atom is -0.466 e. The number of pyridine rings is 1. The van der Waals surface area contributed by atoms with Gasteiger partial charge in [-0.3, -0.25) is 9.89 Å². The standard InChI is InChI=1S/C24H20F2N4O2/c25-24(26)10-11-30(23(31)18-6-3-5-17(12-18)19-13-27-28-14-19)15-21(24)32-22-9-8-16-4-1-2-7-20(16)29-22/h1-9,12-14,21H,10-11,15H2,(H,27,28). The van der Waals surface area contributed by atoms with Crippen molar-refractivity contribution in [2.45, 2.75) is 18.4 Å². The maximum atomic E-state index is 14.7. The van der Waals surface area contributed by atoms with Crippen molar-refractivity contribution in [3.63, 3.8) is 0 Å². The van der Waals surface area contributed by atoms with Gasteiger partial charge in [0.1, 0.15) is 0 Å². The first-order valence-corrected chi connectivity index (χ1v) is 10.3. The third-order valence-corrected chi connectivity index (χ3v) is 5.64. The Morgan fingerprint density at radius 1 is 1.09 bits per heavy atom. The van der Waals surface area contributed by atoms with Crippen LogP contribution in [0.5, 0.6) is 5.88 Å². The second-order valence-electron chi connectivity index (χ2n) is 7.78. The number of alkyl halides is 2. The second kappa shape index (κ2) is 8.03. The number of benzene rings is 2. The summed E-state index contributed by atoms with van der Waals surface area (Å²) < 4.78 is 34.9. The van der Waals surface area contributed by atoms with Gasteiger partial charge in [-0.25, -0.2) is 13.8 Å². The fraction of sp³-hybridized carbons (Fsp3) is 0.208. The summed E-state index contributed by atoms with van der Waals surface area (Å²) in [6, 6.07) is 17.8. The van der Waals surface area contributed by atoms with Crippen LogP contribution in [0.1, 0.15) is 16.8 Å². The molecule has 1 unspecified atom stereocenters. The monoisotopic (exact) mass is 434 g/mol. The molecule has 4 aromatic rings. The zero-order chi connectivity index (χ0) is 22.1. The molecule has 0 aliphatic carbocycles. The van der Waals surface area contributed by atoms with E-state index in [1.54, 1.807) is 48.8 Å². The highest BCUT2D eigenvalue weighted by Crippen LogP contribution is 2.32. The number of carbonyl (C=O) groups is 1. The zero-order valence-corrected chi connectivity index (χ0v) is 17.0. The Kier molecular flexibility index (Phi) is 5.05. The summed E-state index contributed by atoms with van der Waals surface area (Å²) in [5.74, 6) is -3.27. The Labute approximate surface area is 182 Å². The number of H-pyrrole nitrogens is 1. The van der Waals surface area contributed by atoms with E-state index in [4.69, 9.17) is 4.74 Å². The molecule has 1 atom stereocenters. The van der Waals surface area contributed by atoms with Crippen LogP contribution in [0, 0.1) is 0 Å². The number of carbonyl (C=O) groups excluding carboxylic acids is 1. The van der Waals surface area contributed by atoms with Gasteiger partial charge >= 0.3 is 0 Å². The molecule has 1 aliphatic rings. The Morgan fingerprint density at radius 3 is 2.81 bits per heavy atom. The molecule has 0 spiro atoms. The number of halogens is 2. The van der Waals surface area contributed by atoms with Crippen molar-refractivity contribution in [1.29, 1.82) is 0 Å². The van der Waals surface area contributed by atoms with Crippen LogP contribution in [0.3, 0.4) is 0 Å². The molecule has 5 rings (SSSR count). The van der Waals surface area contributed by atoms with Gasteiger partial charge in [0.05, 0.1) is 18.3 Å². The Bertz CT molecular complexity index is 1260. The average molecular weight is 434 g/mol. The Balaban J connectivity index is 1.36. The highest BCUT2D eigenvalue weighted by atomic mass is 19.3. The summed E-state index contributed by atoms with van der Waals surface area (Å²) in [7, 11) is 0. The number of fused-ring (bicyclic) bond motifs is 1. The van der Waals surface area contributed by atoms with Crippen LogP contribution in [0.25, 0.3) is 22.0 Å². The van der Waals surface area contributed by atoms with Gasteiger partial charge in [-0.1, -0.05) is 30.3 Å². The van der Waals surface area contributed by atoms with Gasteiger partial charge in [0, 0.05) is 41.7 Å². The van der Waals surface area contributed by atoms with E-state index >= 15 is 0 Å². The molecule has 32 heavy (non-hydrogen) atoms. The van der Waals surface area contributed by atoms with Crippen molar-refractivity contribution in [2.24, 2.45) is 0 Å². The van der Waals surface area contributed by atoms with Crippen molar-refractivity contribution in [3.05, 3.63) is 78.6 Å². The number of nitrogens with one attached hydrogen (secondary N) is 1. The van der Waals surface area contributed by atoms with E-state index in [9.17, 15) is 13.6 Å². The van der Waals surface area contributed by atoms with Gasteiger partial charge in [0.15, 0.2) is 6.10 Å². The number of aromatic amines is 1. The smallest absolute Gasteiger partial charge is 0.287 e. The van der Waals surface area contributed by atoms with Crippen molar-refractivity contribution < 1.29 is 18.3 Å². The van der Waals surface area contributed by atoms with E-state index in [0.717, 1.165) is 16.5 Å². The second-order valence-corrected chi connectivity index (χ2v) is 7.78. The van der Waals surface area contributed by atoms with Crippen LogP contribution >= 0.6 is 0 Å². The lowest BCUT2D eigenvalue weighted by Crippen LogP contribution is -2.55. The molecule has 8 heteroatoms. The number of para-hydroxylation sites is 1. The van der Waals surface area contributed by atoms with Crippen LogP contribution in [0.15, 0.2) is 73.1 Å². The number of piperidine rings is 1. The molecule has 2 aromatic carbocycles. The molecule has 0 bridgehead atoms. The molecular formula is C24H20F2N4O2. The fourth-order valence-corrected chi connectivity index (χ4v) is 3.86. The molecule has 6 nitrogen and oxygen atoms in total. The lowest BCUT2D eigenvalue weighted by molar-refractivity contribution is -0.131. The van der Waals surface area contributed by atoms with Crippen LogP contribution in [-0.2, 0) is 0 Å². The van der Waals surface area contributed by atoms with E-state index in [0.29, 0.717) is 11.1 Å². The summed E-state index contributed by atoms with van der Waals surface area (Å²) in [5.41, 5.74) is 2.75. The highest BCUT2D eigenvalue weighted by molar-refractivity contribution is 5.95. The van der Waals surface area contributed by atoms with Gasteiger partial charge in [-0.05, 0) is 29.8 Å². The molecule has 1 N–H and O–H groups in total. The van der Waals surface area contributed by atoms with Gasteiger partial charge in [0.25, 0.3) is 11.8 Å². The minimum absolute atomic E-state index is 0.0488. The van der Waals surface area contributed by atoms with E-state index in [1.807, 2.05) is 24.3 Å². The maximum absolute atomic E-state index is 14.7. The number of likely N-dealkylation sites (tertiary alicyclic amines) is 1. The summed E-state index contributed by atoms with van der Waals surface area (Å²) in [5, 5.41) is 7.55. The van der Waals surface area contributed by atoms with Gasteiger partial charge in [-0.2, -0.15) is 5.10 Å². The topological polar surface area (TPSA) is 71.1 Å². The van der Waals surface area contributed by atoms with Crippen molar-refractivity contribution in [3.8, 4) is 17.0 Å². The number of ether oxygens (including phenoxy) is 1. The van der Waals surface area contributed by atoms with Crippen LogP contribution in [0.2, 0.25) is 0 Å². The van der Waals surface area contributed by atoms with Crippen LogP contribution < -0.4 is 4.74 Å². The number of amides is 1. The summed E-state index contributed by atoms with van der Waals surface area (Å²) in [4.78, 5) is 18.8. The van der Waals surface area contributed by atoms with Crippen molar-refractivity contribution in [1.82, 2.24) is 20.1 Å². The highest BCUT2D eigenvalue weighted by Gasteiger charge is 2.47. The summed E-state index contributed by atoms with van der Waals surface area (Å²) >= 11 is 0. The molecule has 162 valence electrons. The molecule has 1 saturated heterocycles. The predicted octanol–water partition coefficient (Wildman–Crippen LogP) is 4.55. The van der Waals surface area contributed by atoms with Gasteiger partial charge in [-0.15, -0.1) is 0 Å². The maximum Gasteiger partial charge on any atom is 0.287 e. The number of aromatic nitrogens is 3. The molecule has 0 radical (unpaired) electrons. The van der Waals surface area contributed by atoms with Crippen molar-refractivity contribution >= 4 is 16.8 Å². The third-order valence-electron chi connectivity index (χ3n) is 5.64. The van der Waals surface area contributed by atoms with E-state index < -0.39 is 18.4 Å². The molecule has 3 heterocycles. The molecular weight excluding hydrogens is 414 g/mol. The van der Waals surface area contributed by atoms with Crippen LogP contribution in [-0.4, -0.2) is 51.1 Å². The molecule has 2 aromatic heterocycles. The molecule has 0 saturated carbocycles. The first-order valence-electron chi connectivity index (χ1n) is 10.3. The normalized spacial score (nSPS) is 17.9. The Morgan fingerprint density at radius 2 is 1.97 bits per heavy atom. The first-order chi connectivity index (χ1) is 15.5. The van der Waals surface area contributed by atoms with E-state index in [2.05, 4.69) is 15.2 Å². The summed E-state index contributed by atoms with van der Waals surface area (Å²) in [6.45, 7) is -0.275. The van der Waals surface area contributed by atoms with Gasteiger partial charge < -0.3 is 9.64 Å². The Hall–Kier alpha value is -3.81. The molecule has 1 fully saturated rings. The SMILES string of the molecule is O=C(c1cccc(-c2cn[nH]c2)c1)N1CCC(F)(F)C(Oc2ccc3ccccc3n2)C1. The lowest BCUT2D eigenvalue weighted by Gasteiger charge is -2.38. The quantitative estimate of drug-likeness (QED) is 0.511. The largest absolute Gasteiger partial charge is 0.466 e. The van der Waals surface area contributed by atoms with Crippen molar-refractivity contribution in [2.75, 3.05) is 13.1 Å². The number of nitrogens with zero attached hydrogens (tertiary/aromatic N) is 3. The van der Waals surface area contributed by atoms with Gasteiger partial charge in [0.2, 0.25) is 5.88 Å². The summed E-state index contributed by atoms with van der Waals surface area (Å²) in [6.07, 6.45) is 1.43. The minimum atomic E-state index is -3.07. The third kappa shape index (κ3) is 3.91. The number of hydrogen-bond acceptors (Lipinski definition) is 4. The molecule has 1 amide bonds. The fourth-order valence-electron chi connectivity index (χ4n) is 3.86. The number of hydrogen-bond donors (Lipinski definition) is 1.